The first-order valence-corrected chi connectivity index (χ1v) is 6.65. The molecule has 0 heterocycles. The van der Waals surface area contributed by atoms with Crippen molar-refractivity contribution >= 4 is 5.91 Å². The molecule has 100 valence electrons. The van der Waals surface area contributed by atoms with Crippen molar-refractivity contribution in [3.05, 3.63) is 0 Å². The molecular weight excluding hydrogens is 216 g/mol. The van der Waals surface area contributed by atoms with Crippen LogP contribution in [0, 0.1) is 0 Å². The molecule has 0 aromatic rings. The molecule has 1 unspecified atom stereocenters. The van der Waals surface area contributed by atoms with E-state index in [1.165, 1.54) is 19.3 Å². The third kappa shape index (κ3) is 3.96. The second-order valence-corrected chi connectivity index (χ2v) is 5.16. The van der Waals surface area contributed by atoms with Gasteiger partial charge in [0.15, 0.2) is 0 Å². The van der Waals surface area contributed by atoms with E-state index in [-0.39, 0.29) is 18.6 Å². The van der Waals surface area contributed by atoms with Crippen LogP contribution in [0.2, 0.25) is 0 Å². The number of hydrogen-bond acceptors (Lipinski definition) is 3. The van der Waals surface area contributed by atoms with Crippen molar-refractivity contribution in [3.63, 3.8) is 0 Å². The SMILES string of the molecule is CC(C(=O)N(C)C)N(CCO)C1CCCCC1. The van der Waals surface area contributed by atoms with Gasteiger partial charge in [0.1, 0.15) is 0 Å². The first-order chi connectivity index (χ1) is 8.07. The largest absolute Gasteiger partial charge is 0.395 e. The van der Waals surface area contributed by atoms with Crippen LogP contribution in [0.4, 0.5) is 0 Å². The van der Waals surface area contributed by atoms with Crippen LogP contribution in [0.1, 0.15) is 39.0 Å². The summed E-state index contributed by atoms with van der Waals surface area (Å²) in [6, 6.07) is 0.343. The Bertz CT molecular complexity index is 238. The van der Waals surface area contributed by atoms with E-state index >= 15 is 0 Å². The number of carbonyl (C=O) groups is 1. The number of aliphatic hydroxyl groups is 1. The fourth-order valence-electron chi connectivity index (χ4n) is 2.74. The summed E-state index contributed by atoms with van der Waals surface area (Å²) in [4.78, 5) is 15.8. The Balaban J connectivity index is 2.65. The molecule has 0 bridgehead atoms. The molecule has 0 radical (unpaired) electrons. The highest BCUT2D eigenvalue weighted by Gasteiger charge is 2.29. The zero-order valence-corrected chi connectivity index (χ0v) is 11.4. The van der Waals surface area contributed by atoms with Gasteiger partial charge in [-0.3, -0.25) is 9.69 Å². The first-order valence-electron chi connectivity index (χ1n) is 6.65. The first kappa shape index (κ1) is 14.5. The molecule has 0 aromatic heterocycles. The lowest BCUT2D eigenvalue weighted by atomic mass is 9.93. The number of aliphatic hydroxyl groups excluding tert-OH is 1. The summed E-state index contributed by atoms with van der Waals surface area (Å²) < 4.78 is 0. The molecule has 1 N–H and O–H groups in total. The topological polar surface area (TPSA) is 43.8 Å². The van der Waals surface area contributed by atoms with Crippen LogP contribution in [0.3, 0.4) is 0 Å². The van der Waals surface area contributed by atoms with E-state index in [4.69, 9.17) is 0 Å². The molecule has 4 heteroatoms. The third-order valence-electron chi connectivity index (χ3n) is 3.70. The van der Waals surface area contributed by atoms with Crippen LogP contribution in [0.15, 0.2) is 0 Å². The highest BCUT2D eigenvalue weighted by Crippen LogP contribution is 2.24. The molecule has 1 aliphatic rings. The summed E-state index contributed by atoms with van der Waals surface area (Å²) in [6.45, 7) is 2.68. The zero-order valence-electron chi connectivity index (χ0n) is 11.4. The van der Waals surface area contributed by atoms with Gasteiger partial charge in [0.25, 0.3) is 0 Å². The fourth-order valence-corrected chi connectivity index (χ4v) is 2.74. The second kappa shape index (κ2) is 6.97. The Morgan fingerprint density at radius 2 is 1.88 bits per heavy atom. The summed E-state index contributed by atoms with van der Waals surface area (Å²) >= 11 is 0. The summed E-state index contributed by atoms with van der Waals surface area (Å²) in [5, 5.41) is 9.17. The van der Waals surface area contributed by atoms with Crippen LogP contribution in [-0.2, 0) is 4.79 Å². The Morgan fingerprint density at radius 1 is 1.29 bits per heavy atom. The zero-order chi connectivity index (χ0) is 12.8. The van der Waals surface area contributed by atoms with Crippen molar-refractivity contribution in [2.24, 2.45) is 0 Å². The number of rotatable bonds is 5. The lowest BCUT2D eigenvalue weighted by Gasteiger charge is -2.38. The number of likely N-dealkylation sites (N-methyl/N-ethyl adjacent to an activating group) is 1. The quantitative estimate of drug-likeness (QED) is 0.785. The molecule has 0 saturated heterocycles. The van der Waals surface area contributed by atoms with Gasteiger partial charge in [-0.05, 0) is 19.8 Å². The van der Waals surface area contributed by atoms with Crippen molar-refractivity contribution in [1.82, 2.24) is 9.80 Å². The van der Waals surface area contributed by atoms with E-state index in [0.29, 0.717) is 12.6 Å². The number of nitrogens with zero attached hydrogens (tertiary/aromatic N) is 2. The fraction of sp³-hybridized carbons (Fsp3) is 0.923. The van der Waals surface area contributed by atoms with E-state index in [1.54, 1.807) is 19.0 Å². The summed E-state index contributed by atoms with van der Waals surface area (Å²) in [6.07, 6.45) is 6.11. The van der Waals surface area contributed by atoms with Crippen molar-refractivity contribution in [2.75, 3.05) is 27.2 Å². The molecular formula is C13H26N2O2. The van der Waals surface area contributed by atoms with E-state index in [2.05, 4.69) is 4.90 Å². The standard InChI is InChI=1S/C13H26N2O2/c1-11(13(17)14(2)3)15(9-10-16)12-7-5-4-6-8-12/h11-12,16H,4-10H2,1-3H3. The van der Waals surface area contributed by atoms with Crippen LogP contribution >= 0.6 is 0 Å². The minimum atomic E-state index is -0.125. The Labute approximate surface area is 105 Å². The van der Waals surface area contributed by atoms with Gasteiger partial charge in [0.05, 0.1) is 12.6 Å². The predicted molar refractivity (Wildman–Crippen MR) is 68.8 cm³/mol. The smallest absolute Gasteiger partial charge is 0.239 e. The van der Waals surface area contributed by atoms with E-state index in [1.807, 2.05) is 6.92 Å². The average molecular weight is 242 g/mol. The van der Waals surface area contributed by atoms with Crippen molar-refractivity contribution < 1.29 is 9.90 Å². The maximum atomic E-state index is 12.0. The molecule has 4 nitrogen and oxygen atoms in total. The highest BCUT2D eigenvalue weighted by atomic mass is 16.3. The molecule has 1 rings (SSSR count). The van der Waals surface area contributed by atoms with Crippen molar-refractivity contribution in [3.8, 4) is 0 Å². The second-order valence-electron chi connectivity index (χ2n) is 5.16. The van der Waals surface area contributed by atoms with Gasteiger partial charge in [0.2, 0.25) is 5.91 Å². The normalized spacial score (nSPS) is 19.4. The summed E-state index contributed by atoms with van der Waals surface area (Å²) in [5.74, 6) is 0.129. The number of carbonyl (C=O) groups excluding carboxylic acids is 1. The van der Waals surface area contributed by atoms with Gasteiger partial charge in [-0.25, -0.2) is 0 Å². The average Bonchev–Trinajstić information content (AvgIpc) is 2.35. The van der Waals surface area contributed by atoms with Crippen LogP contribution in [0.25, 0.3) is 0 Å². The lowest BCUT2D eigenvalue weighted by Crippen LogP contribution is -2.51. The molecule has 1 aliphatic carbocycles. The van der Waals surface area contributed by atoms with Crippen LogP contribution < -0.4 is 0 Å². The summed E-state index contributed by atoms with van der Waals surface area (Å²) in [5.41, 5.74) is 0. The van der Waals surface area contributed by atoms with Crippen molar-refractivity contribution in [2.45, 2.75) is 51.1 Å². The van der Waals surface area contributed by atoms with E-state index in [0.717, 1.165) is 12.8 Å². The molecule has 0 aliphatic heterocycles. The van der Waals surface area contributed by atoms with Crippen molar-refractivity contribution in [1.29, 1.82) is 0 Å². The predicted octanol–water partition coefficient (Wildman–Crippen LogP) is 1.09. The third-order valence-corrected chi connectivity index (χ3v) is 3.70. The Kier molecular flexibility index (Phi) is 5.92. The highest BCUT2D eigenvalue weighted by molar-refractivity contribution is 5.81. The molecule has 1 atom stereocenters. The van der Waals surface area contributed by atoms with Gasteiger partial charge in [-0.1, -0.05) is 19.3 Å². The van der Waals surface area contributed by atoms with Gasteiger partial charge in [0, 0.05) is 26.7 Å². The Morgan fingerprint density at radius 3 is 2.35 bits per heavy atom. The maximum Gasteiger partial charge on any atom is 0.239 e. The van der Waals surface area contributed by atoms with Gasteiger partial charge < -0.3 is 10.0 Å². The molecule has 0 spiro atoms. The monoisotopic (exact) mass is 242 g/mol. The molecule has 17 heavy (non-hydrogen) atoms. The molecule has 0 aromatic carbocycles. The minimum Gasteiger partial charge on any atom is -0.395 e. The van der Waals surface area contributed by atoms with Crippen LogP contribution in [-0.4, -0.2) is 60.1 Å². The number of hydrogen-bond donors (Lipinski definition) is 1. The molecule has 1 fully saturated rings. The molecule has 1 amide bonds. The maximum absolute atomic E-state index is 12.0. The summed E-state index contributed by atoms with van der Waals surface area (Å²) in [7, 11) is 3.58. The van der Waals surface area contributed by atoms with Gasteiger partial charge >= 0.3 is 0 Å². The number of amides is 1. The Hall–Kier alpha value is -0.610. The van der Waals surface area contributed by atoms with Crippen LogP contribution in [0.5, 0.6) is 0 Å². The molecule has 1 saturated carbocycles. The van der Waals surface area contributed by atoms with Gasteiger partial charge in [-0.2, -0.15) is 0 Å². The van der Waals surface area contributed by atoms with Gasteiger partial charge in [-0.15, -0.1) is 0 Å². The lowest BCUT2D eigenvalue weighted by molar-refractivity contribution is -0.135. The van der Waals surface area contributed by atoms with E-state index < -0.39 is 0 Å². The minimum absolute atomic E-state index is 0.125. The van der Waals surface area contributed by atoms with E-state index in [9.17, 15) is 9.90 Å².